The number of nitrogens with two attached hydrogens (primary N) is 1. The Morgan fingerprint density at radius 1 is 1.00 bits per heavy atom. The number of aromatic amines is 1. The Kier molecular flexibility index (Phi) is 19.9. The number of aromatic nitrogens is 1. The van der Waals surface area contributed by atoms with E-state index in [-0.39, 0.29) is 69.1 Å². The van der Waals surface area contributed by atoms with E-state index in [1.165, 1.54) is 16.5 Å². The standard InChI is InChI=1S/C10H12N2.4ClH.Ru/c11-6-5-8-7-12-10-4-2-1-3-9(8)10;;;;;/h1-4,7,12H,5-6,11H2;4*1H;/q;;;;;+4/p-4. The van der Waals surface area contributed by atoms with Crippen molar-refractivity contribution in [2.45, 2.75) is 6.42 Å². The van der Waals surface area contributed by atoms with Crippen LogP contribution < -0.4 is 55.4 Å². The number of halogens is 4. The van der Waals surface area contributed by atoms with E-state index in [1.807, 2.05) is 12.3 Å². The summed E-state index contributed by atoms with van der Waals surface area (Å²) >= 11 is 0. The van der Waals surface area contributed by atoms with E-state index >= 15 is 0 Å². The fraction of sp³-hybridized carbons (Fsp3) is 0.200. The molecule has 1 aromatic heterocycles. The number of hydrogen-bond acceptors (Lipinski definition) is 1. The summed E-state index contributed by atoms with van der Waals surface area (Å²) in [7, 11) is 0. The Hall–Kier alpha value is 0.503. The first-order valence-electron chi connectivity index (χ1n) is 4.17. The van der Waals surface area contributed by atoms with Crippen molar-refractivity contribution in [1.82, 2.24) is 4.98 Å². The number of nitrogens with one attached hydrogen (secondary N) is 1. The van der Waals surface area contributed by atoms with Crippen LogP contribution in [0, 0.1) is 0 Å². The third-order valence-corrected chi connectivity index (χ3v) is 2.09. The van der Waals surface area contributed by atoms with Crippen molar-refractivity contribution in [3.05, 3.63) is 36.0 Å². The van der Waals surface area contributed by atoms with Crippen molar-refractivity contribution in [2.24, 2.45) is 5.73 Å². The molecule has 0 unspecified atom stereocenters. The van der Waals surface area contributed by atoms with Crippen molar-refractivity contribution in [1.29, 1.82) is 0 Å². The maximum atomic E-state index is 5.50. The predicted octanol–water partition coefficient (Wildman–Crippen LogP) is -10.3. The molecule has 0 radical (unpaired) electrons. The van der Waals surface area contributed by atoms with Crippen molar-refractivity contribution in [3.63, 3.8) is 0 Å². The molecule has 1 heterocycles. The fourth-order valence-corrected chi connectivity index (χ4v) is 1.49. The Bertz CT molecular complexity index is 394. The molecule has 0 bridgehead atoms. The number of para-hydroxylation sites is 1. The first kappa shape index (κ1) is 26.1. The Labute approximate surface area is 139 Å². The minimum Gasteiger partial charge on any atom is -1.00 e. The molecule has 2 rings (SSSR count). The molecule has 0 aliphatic rings. The van der Waals surface area contributed by atoms with E-state index in [0.29, 0.717) is 6.54 Å². The van der Waals surface area contributed by atoms with Gasteiger partial charge in [-0.1, -0.05) is 18.2 Å². The van der Waals surface area contributed by atoms with Crippen LogP contribution >= 0.6 is 0 Å². The van der Waals surface area contributed by atoms with Crippen molar-refractivity contribution in [2.75, 3.05) is 6.54 Å². The second kappa shape index (κ2) is 12.9. The molecule has 98 valence electrons. The molecule has 0 saturated carbocycles. The van der Waals surface area contributed by atoms with Crippen LogP contribution in [0.15, 0.2) is 30.5 Å². The van der Waals surface area contributed by atoms with Crippen LogP contribution in [-0.2, 0) is 25.9 Å². The zero-order valence-electron chi connectivity index (χ0n) is 8.74. The Morgan fingerprint density at radius 3 is 2.18 bits per heavy atom. The summed E-state index contributed by atoms with van der Waals surface area (Å²) in [5, 5.41) is 1.29. The minimum absolute atomic E-state index is 0. The summed E-state index contributed by atoms with van der Waals surface area (Å²) in [6, 6.07) is 8.29. The van der Waals surface area contributed by atoms with Gasteiger partial charge in [-0.25, -0.2) is 0 Å². The van der Waals surface area contributed by atoms with Crippen molar-refractivity contribution < 1.29 is 69.1 Å². The van der Waals surface area contributed by atoms with Gasteiger partial charge in [0.25, 0.3) is 0 Å². The van der Waals surface area contributed by atoms with Crippen LogP contribution in [0.3, 0.4) is 0 Å². The van der Waals surface area contributed by atoms with Gasteiger partial charge in [-0.05, 0) is 24.6 Å². The molecule has 7 heteroatoms. The summed E-state index contributed by atoms with van der Waals surface area (Å²) in [5.74, 6) is 0. The number of fused-ring (bicyclic) bond motifs is 1. The molecule has 0 aliphatic carbocycles. The number of H-pyrrole nitrogens is 1. The summed E-state index contributed by atoms with van der Waals surface area (Å²) in [6.07, 6.45) is 2.99. The smallest absolute Gasteiger partial charge is 1.00 e. The van der Waals surface area contributed by atoms with Gasteiger partial charge < -0.3 is 60.3 Å². The predicted molar refractivity (Wildman–Crippen MR) is 51.1 cm³/mol. The second-order valence-electron chi connectivity index (χ2n) is 2.90. The van der Waals surface area contributed by atoms with Crippen LogP contribution in [0.25, 0.3) is 10.9 Å². The van der Waals surface area contributed by atoms with E-state index in [4.69, 9.17) is 5.73 Å². The minimum atomic E-state index is 0. The van der Waals surface area contributed by atoms with Crippen LogP contribution in [0.4, 0.5) is 0 Å². The van der Waals surface area contributed by atoms with Crippen LogP contribution in [0.1, 0.15) is 5.56 Å². The zero-order chi connectivity index (χ0) is 8.39. The molecule has 0 aliphatic heterocycles. The van der Waals surface area contributed by atoms with Crippen LogP contribution in [-0.4, -0.2) is 11.5 Å². The normalized spacial score (nSPS) is 7.59. The zero-order valence-corrected chi connectivity index (χ0v) is 13.5. The molecule has 2 aromatic rings. The van der Waals surface area contributed by atoms with Gasteiger partial charge in [-0.3, -0.25) is 0 Å². The van der Waals surface area contributed by atoms with E-state index in [2.05, 4.69) is 23.2 Å². The third kappa shape index (κ3) is 6.28. The first-order chi connectivity index (χ1) is 5.92. The molecule has 1 aromatic carbocycles. The molecule has 3 N–H and O–H groups in total. The van der Waals surface area contributed by atoms with Gasteiger partial charge in [-0.2, -0.15) is 0 Å². The van der Waals surface area contributed by atoms with Gasteiger partial charge in [0.05, 0.1) is 0 Å². The quantitative estimate of drug-likeness (QED) is 0.481. The topological polar surface area (TPSA) is 41.8 Å². The first-order valence-corrected chi connectivity index (χ1v) is 4.17. The van der Waals surface area contributed by atoms with Crippen LogP contribution in [0.5, 0.6) is 0 Å². The summed E-state index contributed by atoms with van der Waals surface area (Å²) < 4.78 is 0. The number of rotatable bonds is 2. The molecule has 17 heavy (non-hydrogen) atoms. The largest absolute Gasteiger partial charge is 4.00 e. The summed E-state index contributed by atoms with van der Waals surface area (Å²) in [4.78, 5) is 3.22. The van der Waals surface area contributed by atoms with E-state index < -0.39 is 0 Å². The van der Waals surface area contributed by atoms with Gasteiger partial charge in [0.1, 0.15) is 0 Å². The van der Waals surface area contributed by atoms with Gasteiger partial charge in [-0.15, -0.1) is 0 Å². The SMILES string of the molecule is NCCc1c[nH]c2ccccc12.[Cl-].[Cl-].[Cl-].[Cl-].[Ru+4]. The Morgan fingerprint density at radius 2 is 1.59 bits per heavy atom. The Balaban J connectivity index is -0.000000169. The average Bonchev–Trinajstić information content (AvgIpc) is 2.50. The average molecular weight is 403 g/mol. The summed E-state index contributed by atoms with van der Waals surface area (Å²) in [5.41, 5.74) is 8.01. The summed E-state index contributed by atoms with van der Waals surface area (Å²) in [6.45, 7) is 0.710. The van der Waals surface area contributed by atoms with Gasteiger partial charge >= 0.3 is 19.5 Å². The third-order valence-electron chi connectivity index (χ3n) is 2.09. The molecular weight excluding hydrogens is 391 g/mol. The van der Waals surface area contributed by atoms with E-state index in [1.54, 1.807) is 0 Å². The number of benzene rings is 1. The molecule has 0 atom stereocenters. The monoisotopic (exact) mass is 402 g/mol. The molecular formula is C10H12Cl4N2Ru. The van der Waals surface area contributed by atoms with Crippen LogP contribution in [0.2, 0.25) is 0 Å². The number of hydrogen-bond donors (Lipinski definition) is 2. The maximum Gasteiger partial charge on any atom is 4.00 e. The molecule has 0 spiro atoms. The maximum absolute atomic E-state index is 5.50. The van der Waals surface area contributed by atoms with Crippen molar-refractivity contribution in [3.8, 4) is 0 Å². The van der Waals surface area contributed by atoms with E-state index in [9.17, 15) is 0 Å². The van der Waals surface area contributed by atoms with Gasteiger partial charge in [0.2, 0.25) is 0 Å². The molecule has 0 fully saturated rings. The van der Waals surface area contributed by atoms with E-state index in [0.717, 1.165) is 6.42 Å². The van der Waals surface area contributed by atoms with Gasteiger partial charge in [0.15, 0.2) is 0 Å². The molecule has 0 amide bonds. The van der Waals surface area contributed by atoms with Gasteiger partial charge in [0, 0.05) is 17.1 Å². The van der Waals surface area contributed by atoms with Crippen molar-refractivity contribution >= 4 is 10.9 Å². The second-order valence-corrected chi connectivity index (χ2v) is 2.90. The fourth-order valence-electron chi connectivity index (χ4n) is 1.49. The molecule has 0 saturated heterocycles. The molecule has 2 nitrogen and oxygen atoms in total.